The highest BCUT2D eigenvalue weighted by Gasteiger charge is 2.03. The monoisotopic (exact) mass is 160 g/mol. The average molecular weight is 160 g/mol. The van der Waals surface area contributed by atoms with Crippen molar-refractivity contribution >= 4 is 5.97 Å². The maximum Gasteiger partial charge on any atom is 0.330 e. The van der Waals surface area contributed by atoms with E-state index in [2.05, 4.69) is 4.74 Å². The number of carbonyl (C=O) groups is 1. The van der Waals surface area contributed by atoms with E-state index in [-0.39, 0.29) is 6.61 Å². The Bertz CT molecular complexity index is 141. The predicted molar refractivity (Wildman–Crippen MR) is 38.9 cm³/mol. The fourth-order valence-electron chi connectivity index (χ4n) is 0.415. The van der Waals surface area contributed by atoms with Crippen molar-refractivity contribution in [2.24, 2.45) is 0 Å². The molecule has 0 spiro atoms. The Balaban J connectivity index is 3.45. The van der Waals surface area contributed by atoms with Gasteiger partial charge in [-0.05, 0) is 6.92 Å². The van der Waals surface area contributed by atoms with E-state index in [1.54, 1.807) is 6.92 Å². The lowest BCUT2D eigenvalue weighted by molar-refractivity contribution is -0.141. The summed E-state index contributed by atoms with van der Waals surface area (Å²) >= 11 is 0. The summed E-state index contributed by atoms with van der Waals surface area (Å²) in [6, 6.07) is 0. The van der Waals surface area contributed by atoms with Gasteiger partial charge in [-0.15, -0.1) is 0 Å². The Hall–Kier alpha value is -0.870. The number of esters is 1. The molecule has 1 unspecified atom stereocenters. The highest BCUT2D eigenvalue weighted by molar-refractivity contribution is 5.81. The number of aliphatic hydroxyl groups is 2. The molecule has 11 heavy (non-hydrogen) atoms. The van der Waals surface area contributed by atoms with Crippen molar-refractivity contribution in [3.05, 3.63) is 12.2 Å². The van der Waals surface area contributed by atoms with Gasteiger partial charge in [-0.1, -0.05) is 6.08 Å². The minimum Gasteiger partial charge on any atom is -0.460 e. The van der Waals surface area contributed by atoms with Crippen LogP contribution >= 0.6 is 0 Å². The molecule has 4 nitrogen and oxygen atoms in total. The minimum absolute atomic E-state index is 0.167. The molecule has 1 atom stereocenters. The van der Waals surface area contributed by atoms with E-state index in [1.807, 2.05) is 0 Å². The van der Waals surface area contributed by atoms with Gasteiger partial charge in [0.25, 0.3) is 0 Å². The Labute approximate surface area is 65.1 Å². The molecule has 0 radical (unpaired) electrons. The Morgan fingerprint density at radius 2 is 2.36 bits per heavy atom. The summed E-state index contributed by atoms with van der Waals surface area (Å²) in [5, 5.41) is 17.0. The molecule has 0 aromatic carbocycles. The van der Waals surface area contributed by atoms with E-state index < -0.39 is 18.7 Å². The Morgan fingerprint density at radius 3 is 2.82 bits per heavy atom. The third kappa shape index (κ3) is 5.57. The SMILES string of the molecule is C/C=C\C(=O)OCC(O)CO. The molecule has 4 heteroatoms. The molecular weight excluding hydrogens is 148 g/mol. The predicted octanol–water partition coefficient (Wildman–Crippen LogP) is -0.541. The van der Waals surface area contributed by atoms with Crippen molar-refractivity contribution in [3.63, 3.8) is 0 Å². The molecule has 0 aliphatic rings. The van der Waals surface area contributed by atoms with E-state index in [0.29, 0.717) is 0 Å². The Morgan fingerprint density at radius 1 is 1.73 bits per heavy atom. The van der Waals surface area contributed by atoms with Crippen LogP contribution in [-0.2, 0) is 9.53 Å². The van der Waals surface area contributed by atoms with Crippen LogP contribution in [-0.4, -0.2) is 35.5 Å². The topological polar surface area (TPSA) is 66.8 Å². The molecule has 0 rings (SSSR count). The number of ether oxygens (including phenoxy) is 1. The molecule has 0 aromatic rings. The largest absolute Gasteiger partial charge is 0.460 e. The maximum absolute atomic E-state index is 10.6. The highest BCUT2D eigenvalue weighted by Crippen LogP contribution is 1.86. The molecule has 0 amide bonds. The second kappa shape index (κ2) is 5.88. The number of carbonyl (C=O) groups excluding carboxylic acids is 1. The van der Waals surface area contributed by atoms with E-state index in [1.165, 1.54) is 12.2 Å². The van der Waals surface area contributed by atoms with Crippen LogP contribution in [0.3, 0.4) is 0 Å². The van der Waals surface area contributed by atoms with Crippen molar-refractivity contribution in [1.82, 2.24) is 0 Å². The van der Waals surface area contributed by atoms with Gasteiger partial charge in [-0.3, -0.25) is 0 Å². The van der Waals surface area contributed by atoms with Gasteiger partial charge < -0.3 is 14.9 Å². The fourth-order valence-corrected chi connectivity index (χ4v) is 0.415. The van der Waals surface area contributed by atoms with Gasteiger partial charge >= 0.3 is 5.97 Å². The molecule has 0 aromatic heterocycles. The third-order valence-electron chi connectivity index (χ3n) is 0.931. The lowest BCUT2D eigenvalue weighted by Crippen LogP contribution is -2.21. The van der Waals surface area contributed by atoms with Crippen LogP contribution in [0.1, 0.15) is 6.92 Å². The summed E-state index contributed by atoms with van der Waals surface area (Å²) in [6.45, 7) is 1.12. The zero-order chi connectivity index (χ0) is 8.69. The first-order valence-corrected chi connectivity index (χ1v) is 3.29. The minimum atomic E-state index is -0.982. The molecule has 0 saturated carbocycles. The standard InChI is InChI=1S/C7H12O4/c1-2-3-7(10)11-5-6(9)4-8/h2-3,6,8-9H,4-5H2,1H3/b3-2-. The normalized spacial score (nSPS) is 13.4. The van der Waals surface area contributed by atoms with Gasteiger partial charge in [0.15, 0.2) is 0 Å². The number of aliphatic hydroxyl groups excluding tert-OH is 2. The number of hydrogen-bond acceptors (Lipinski definition) is 4. The van der Waals surface area contributed by atoms with E-state index in [4.69, 9.17) is 10.2 Å². The molecule has 0 heterocycles. The van der Waals surface area contributed by atoms with Crippen LogP contribution in [0.2, 0.25) is 0 Å². The second-order valence-electron chi connectivity index (χ2n) is 1.97. The Kier molecular flexibility index (Phi) is 5.42. The van der Waals surface area contributed by atoms with E-state index in [9.17, 15) is 4.79 Å². The van der Waals surface area contributed by atoms with Crippen LogP contribution < -0.4 is 0 Å². The third-order valence-corrected chi connectivity index (χ3v) is 0.931. The van der Waals surface area contributed by atoms with Crippen LogP contribution in [0.5, 0.6) is 0 Å². The summed E-state index contributed by atoms with van der Waals surface area (Å²) < 4.78 is 4.50. The van der Waals surface area contributed by atoms with Crippen molar-refractivity contribution in [2.45, 2.75) is 13.0 Å². The van der Waals surface area contributed by atoms with Crippen LogP contribution in [0.4, 0.5) is 0 Å². The molecule has 0 aliphatic heterocycles. The van der Waals surface area contributed by atoms with Crippen LogP contribution in [0, 0.1) is 0 Å². The smallest absolute Gasteiger partial charge is 0.330 e. The highest BCUT2D eigenvalue weighted by atomic mass is 16.5. The molecule has 0 aliphatic carbocycles. The molecule has 2 N–H and O–H groups in total. The zero-order valence-corrected chi connectivity index (χ0v) is 6.36. The zero-order valence-electron chi connectivity index (χ0n) is 6.36. The summed E-state index contributed by atoms with van der Waals surface area (Å²) in [4.78, 5) is 10.6. The molecule has 0 bridgehead atoms. The first-order valence-electron chi connectivity index (χ1n) is 3.29. The van der Waals surface area contributed by atoms with Gasteiger partial charge in [-0.25, -0.2) is 4.79 Å². The summed E-state index contributed by atoms with van der Waals surface area (Å²) in [7, 11) is 0. The van der Waals surface area contributed by atoms with Gasteiger partial charge in [-0.2, -0.15) is 0 Å². The number of rotatable bonds is 4. The van der Waals surface area contributed by atoms with Crippen LogP contribution in [0.25, 0.3) is 0 Å². The van der Waals surface area contributed by atoms with E-state index in [0.717, 1.165) is 0 Å². The van der Waals surface area contributed by atoms with Crippen molar-refractivity contribution < 1.29 is 19.7 Å². The number of hydrogen-bond donors (Lipinski definition) is 2. The van der Waals surface area contributed by atoms with Crippen molar-refractivity contribution in [2.75, 3.05) is 13.2 Å². The molecule has 0 saturated heterocycles. The van der Waals surface area contributed by atoms with Crippen molar-refractivity contribution in [1.29, 1.82) is 0 Å². The summed E-state index contributed by atoms with van der Waals surface area (Å²) in [6.07, 6.45) is 1.79. The molecular formula is C7H12O4. The average Bonchev–Trinajstić information content (AvgIpc) is 2.01. The lowest BCUT2D eigenvalue weighted by atomic mass is 10.4. The first kappa shape index (κ1) is 10.1. The van der Waals surface area contributed by atoms with Crippen LogP contribution in [0.15, 0.2) is 12.2 Å². The summed E-state index contributed by atoms with van der Waals surface area (Å²) in [5.41, 5.74) is 0. The van der Waals surface area contributed by atoms with Gasteiger partial charge in [0.05, 0.1) is 6.61 Å². The first-order chi connectivity index (χ1) is 5.20. The van der Waals surface area contributed by atoms with Gasteiger partial charge in [0.2, 0.25) is 0 Å². The molecule has 0 fully saturated rings. The van der Waals surface area contributed by atoms with Crippen molar-refractivity contribution in [3.8, 4) is 0 Å². The van der Waals surface area contributed by atoms with Gasteiger partial charge in [0.1, 0.15) is 12.7 Å². The summed E-state index contributed by atoms with van der Waals surface area (Å²) in [5.74, 6) is -0.514. The second-order valence-corrected chi connectivity index (χ2v) is 1.97. The number of allylic oxidation sites excluding steroid dienone is 1. The fraction of sp³-hybridized carbons (Fsp3) is 0.571. The lowest BCUT2D eigenvalue weighted by Gasteiger charge is -2.05. The maximum atomic E-state index is 10.6. The van der Waals surface area contributed by atoms with Gasteiger partial charge in [0, 0.05) is 6.08 Å². The quantitative estimate of drug-likeness (QED) is 0.428. The molecule has 64 valence electrons. The van der Waals surface area contributed by atoms with E-state index >= 15 is 0 Å².